The van der Waals surface area contributed by atoms with Crippen molar-refractivity contribution in [2.45, 2.75) is 0 Å². The molecule has 0 aromatic heterocycles. The minimum Gasteiger partial charge on any atom is -0.497 e. The van der Waals surface area contributed by atoms with Gasteiger partial charge < -0.3 is 15.0 Å². The molecule has 1 fully saturated rings. The van der Waals surface area contributed by atoms with E-state index in [0.717, 1.165) is 37.2 Å². The van der Waals surface area contributed by atoms with Crippen LogP contribution in [0.3, 0.4) is 0 Å². The van der Waals surface area contributed by atoms with E-state index in [1.807, 2.05) is 18.2 Å². The SMILES string of the molecule is COc1ccc(Br)c(C(=O)NCCN2CCN(c3ccccc3)CC2)c1. The Morgan fingerprint density at radius 2 is 1.85 bits per heavy atom. The third-order valence-electron chi connectivity index (χ3n) is 4.63. The number of benzene rings is 2. The number of rotatable bonds is 6. The maximum Gasteiger partial charge on any atom is 0.252 e. The first-order valence-electron chi connectivity index (χ1n) is 8.81. The second-order valence-corrected chi connectivity index (χ2v) is 7.12. The lowest BCUT2D eigenvalue weighted by Gasteiger charge is -2.36. The minimum absolute atomic E-state index is 0.0845. The van der Waals surface area contributed by atoms with E-state index in [9.17, 15) is 4.79 Å². The van der Waals surface area contributed by atoms with Crippen LogP contribution in [0.4, 0.5) is 5.69 Å². The van der Waals surface area contributed by atoms with Crippen molar-refractivity contribution in [1.29, 1.82) is 0 Å². The van der Waals surface area contributed by atoms with E-state index >= 15 is 0 Å². The highest BCUT2D eigenvalue weighted by molar-refractivity contribution is 9.10. The molecule has 1 aliphatic rings. The molecule has 0 aliphatic carbocycles. The van der Waals surface area contributed by atoms with Gasteiger partial charge in [-0.25, -0.2) is 0 Å². The smallest absolute Gasteiger partial charge is 0.252 e. The van der Waals surface area contributed by atoms with Crippen molar-refractivity contribution in [3.8, 4) is 5.75 Å². The number of hydrogen-bond donors (Lipinski definition) is 1. The number of amides is 1. The lowest BCUT2D eigenvalue weighted by Crippen LogP contribution is -2.48. The van der Waals surface area contributed by atoms with Crippen LogP contribution in [-0.2, 0) is 0 Å². The van der Waals surface area contributed by atoms with Crippen LogP contribution in [0.1, 0.15) is 10.4 Å². The monoisotopic (exact) mass is 417 g/mol. The third-order valence-corrected chi connectivity index (χ3v) is 5.32. The third kappa shape index (κ3) is 4.77. The van der Waals surface area contributed by atoms with Gasteiger partial charge in [-0.15, -0.1) is 0 Å². The topological polar surface area (TPSA) is 44.8 Å². The molecule has 0 atom stereocenters. The van der Waals surface area contributed by atoms with Gasteiger partial charge in [0.2, 0.25) is 0 Å². The lowest BCUT2D eigenvalue weighted by atomic mass is 10.2. The Labute approximate surface area is 163 Å². The highest BCUT2D eigenvalue weighted by Crippen LogP contribution is 2.22. The lowest BCUT2D eigenvalue weighted by molar-refractivity contribution is 0.0946. The molecule has 1 saturated heterocycles. The summed E-state index contributed by atoms with van der Waals surface area (Å²) in [5.74, 6) is 0.592. The van der Waals surface area contributed by atoms with Crippen molar-refractivity contribution in [2.24, 2.45) is 0 Å². The Kier molecular flexibility index (Phi) is 6.52. The van der Waals surface area contributed by atoms with Crippen LogP contribution in [0.2, 0.25) is 0 Å². The molecule has 2 aromatic rings. The van der Waals surface area contributed by atoms with Gasteiger partial charge in [0.15, 0.2) is 0 Å². The van der Waals surface area contributed by atoms with E-state index < -0.39 is 0 Å². The van der Waals surface area contributed by atoms with Crippen LogP contribution in [0.5, 0.6) is 5.75 Å². The summed E-state index contributed by atoms with van der Waals surface area (Å²) in [6.07, 6.45) is 0. The van der Waals surface area contributed by atoms with Crippen LogP contribution >= 0.6 is 15.9 Å². The fourth-order valence-electron chi connectivity index (χ4n) is 3.10. The van der Waals surface area contributed by atoms with Gasteiger partial charge in [-0.05, 0) is 46.3 Å². The second kappa shape index (κ2) is 9.05. The van der Waals surface area contributed by atoms with Crippen molar-refractivity contribution >= 4 is 27.5 Å². The van der Waals surface area contributed by atoms with Crippen molar-refractivity contribution < 1.29 is 9.53 Å². The van der Waals surface area contributed by atoms with E-state index in [1.54, 1.807) is 13.2 Å². The van der Waals surface area contributed by atoms with Gasteiger partial charge in [-0.2, -0.15) is 0 Å². The Hall–Kier alpha value is -2.05. The van der Waals surface area contributed by atoms with Crippen molar-refractivity contribution in [2.75, 3.05) is 51.3 Å². The molecular formula is C20H24BrN3O2. The number of para-hydroxylation sites is 1. The molecule has 0 spiro atoms. The molecule has 6 heteroatoms. The Morgan fingerprint density at radius 1 is 1.12 bits per heavy atom. The summed E-state index contributed by atoms with van der Waals surface area (Å²) in [7, 11) is 1.60. The molecule has 1 heterocycles. The first-order chi connectivity index (χ1) is 12.7. The van der Waals surface area contributed by atoms with Crippen LogP contribution in [0.25, 0.3) is 0 Å². The van der Waals surface area contributed by atoms with Crippen molar-refractivity contribution in [3.63, 3.8) is 0 Å². The summed E-state index contributed by atoms with van der Waals surface area (Å²) in [4.78, 5) is 17.2. The summed E-state index contributed by atoms with van der Waals surface area (Å²) in [5, 5.41) is 3.00. The highest BCUT2D eigenvalue weighted by atomic mass is 79.9. The molecule has 5 nitrogen and oxygen atoms in total. The van der Waals surface area contributed by atoms with Gasteiger partial charge in [0.1, 0.15) is 5.75 Å². The van der Waals surface area contributed by atoms with Gasteiger partial charge in [-0.3, -0.25) is 9.69 Å². The number of carbonyl (C=O) groups excluding carboxylic acids is 1. The zero-order valence-electron chi connectivity index (χ0n) is 15.0. The Balaban J connectivity index is 1.44. The molecule has 1 aliphatic heterocycles. The van der Waals surface area contributed by atoms with E-state index in [0.29, 0.717) is 17.9 Å². The molecule has 2 aromatic carbocycles. The molecule has 0 saturated carbocycles. The van der Waals surface area contributed by atoms with E-state index in [1.165, 1.54) is 5.69 Å². The van der Waals surface area contributed by atoms with Crippen LogP contribution in [0.15, 0.2) is 53.0 Å². The molecule has 0 unspecified atom stereocenters. The number of piperazine rings is 1. The number of halogens is 1. The average Bonchev–Trinajstić information content (AvgIpc) is 2.69. The number of nitrogens with zero attached hydrogens (tertiary/aromatic N) is 2. The molecule has 1 N–H and O–H groups in total. The predicted molar refractivity (Wildman–Crippen MR) is 108 cm³/mol. The standard InChI is InChI=1S/C20H24BrN3O2/c1-26-17-7-8-19(21)18(15-17)20(25)22-9-10-23-11-13-24(14-12-23)16-5-3-2-4-6-16/h2-8,15H,9-14H2,1H3,(H,22,25). The maximum absolute atomic E-state index is 12.4. The summed E-state index contributed by atoms with van der Waals surface area (Å²) < 4.78 is 5.96. The maximum atomic E-state index is 12.4. The number of anilines is 1. The van der Waals surface area contributed by atoms with E-state index in [-0.39, 0.29) is 5.91 Å². The first kappa shape index (κ1) is 18.7. The summed E-state index contributed by atoms with van der Waals surface area (Å²) in [6.45, 7) is 5.53. The zero-order valence-corrected chi connectivity index (χ0v) is 16.5. The zero-order chi connectivity index (χ0) is 18.4. The van der Waals surface area contributed by atoms with Crippen LogP contribution < -0.4 is 15.0 Å². The average molecular weight is 418 g/mol. The van der Waals surface area contributed by atoms with Gasteiger partial charge in [0, 0.05) is 49.4 Å². The second-order valence-electron chi connectivity index (χ2n) is 6.27. The van der Waals surface area contributed by atoms with Gasteiger partial charge in [0.05, 0.1) is 12.7 Å². The van der Waals surface area contributed by atoms with Crippen LogP contribution in [0, 0.1) is 0 Å². The molecule has 26 heavy (non-hydrogen) atoms. The van der Waals surface area contributed by atoms with E-state index in [4.69, 9.17) is 4.74 Å². The van der Waals surface area contributed by atoms with Crippen LogP contribution in [-0.4, -0.2) is 57.2 Å². The predicted octanol–water partition coefficient (Wildman–Crippen LogP) is 3.01. The summed E-state index contributed by atoms with van der Waals surface area (Å²) in [5.41, 5.74) is 1.88. The number of carbonyl (C=O) groups is 1. The Bertz CT molecular complexity index is 731. The molecule has 3 rings (SSSR count). The van der Waals surface area contributed by atoms with Crippen molar-refractivity contribution in [1.82, 2.24) is 10.2 Å². The molecule has 1 amide bonds. The number of nitrogens with one attached hydrogen (secondary N) is 1. The van der Waals surface area contributed by atoms with Crippen molar-refractivity contribution in [3.05, 3.63) is 58.6 Å². The fourth-order valence-corrected chi connectivity index (χ4v) is 3.52. The minimum atomic E-state index is -0.0845. The number of ether oxygens (including phenoxy) is 1. The molecule has 0 radical (unpaired) electrons. The molecular weight excluding hydrogens is 394 g/mol. The summed E-state index contributed by atoms with van der Waals surface area (Å²) >= 11 is 3.43. The Morgan fingerprint density at radius 3 is 2.54 bits per heavy atom. The fraction of sp³-hybridized carbons (Fsp3) is 0.350. The highest BCUT2D eigenvalue weighted by Gasteiger charge is 2.17. The first-order valence-corrected chi connectivity index (χ1v) is 9.61. The van der Waals surface area contributed by atoms with E-state index in [2.05, 4.69) is 55.3 Å². The molecule has 138 valence electrons. The van der Waals surface area contributed by atoms with Gasteiger partial charge in [-0.1, -0.05) is 18.2 Å². The van der Waals surface area contributed by atoms with Gasteiger partial charge >= 0.3 is 0 Å². The quantitative estimate of drug-likeness (QED) is 0.784. The summed E-state index contributed by atoms with van der Waals surface area (Å²) in [6, 6.07) is 15.9. The largest absolute Gasteiger partial charge is 0.497 e. The number of methoxy groups -OCH3 is 1. The number of hydrogen-bond acceptors (Lipinski definition) is 4. The van der Waals surface area contributed by atoms with Gasteiger partial charge in [0.25, 0.3) is 5.91 Å². The normalized spacial score (nSPS) is 14.9. The molecule has 0 bridgehead atoms.